The number of rotatable bonds is 9. The highest BCUT2D eigenvalue weighted by atomic mass is 16.5. The highest BCUT2D eigenvalue weighted by Crippen LogP contribution is 2.30. The van der Waals surface area contributed by atoms with Crippen molar-refractivity contribution in [3.05, 3.63) is 35.4 Å². The zero-order chi connectivity index (χ0) is 19.8. The van der Waals surface area contributed by atoms with Crippen LogP contribution >= 0.6 is 0 Å². The van der Waals surface area contributed by atoms with Gasteiger partial charge in [0.1, 0.15) is 0 Å². The van der Waals surface area contributed by atoms with Gasteiger partial charge in [-0.3, -0.25) is 9.59 Å². The first-order valence-corrected chi connectivity index (χ1v) is 9.50. The molecule has 0 aromatic heterocycles. The van der Waals surface area contributed by atoms with Crippen molar-refractivity contribution in [1.29, 1.82) is 0 Å². The van der Waals surface area contributed by atoms with Crippen molar-refractivity contribution in [2.75, 3.05) is 19.8 Å². The number of allylic oxidation sites excluding steroid dienone is 2. The number of carbonyl (C=O) groups excluding carboxylic acids is 1. The molecule has 6 heteroatoms. The molecule has 1 aromatic rings. The van der Waals surface area contributed by atoms with Crippen LogP contribution in [-0.2, 0) is 16.0 Å². The van der Waals surface area contributed by atoms with E-state index in [-0.39, 0.29) is 5.91 Å². The van der Waals surface area contributed by atoms with Gasteiger partial charge in [-0.25, -0.2) is 0 Å². The first-order chi connectivity index (χ1) is 13.0. The third-order valence-electron chi connectivity index (χ3n) is 4.72. The third kappa shape index (κ3) is 5.74. The molecular weight excluding hydrogens is 346 g/mol. The summed E-state index contributed by atoms with van der Waals surface area (Å²) in [6.07, 6.45) is 3.46. The Morgan fingerprint density at radius 3 is 2.52 bits per heavy atom. The van der Waals surface area contributed by atoms with Gasteiger partial charge in [-0.2, -0.15) is 0 Å². The molecular formula is C21H29NO5. The molecule has 0 aliphatic heterocycles. The van der Waals surface area contributed by atoms with E-state index in [2.05, 4.69) is 5.32 Å². The number of hydrogen-bond donors (Lipinski definition) is 2. The van der Waals surface area contributed by atoms with Gasteiger partial charge < -0.3 is 19.9 Å². The van der Waals surface area contributed by atoms with Crippen LogP contribution in [0.1, 0.15) is 39.2 Å². The first-order valence-electron chi connectivity index (χ1n) is 9.50. The normalized spacial score (nSPS) is 19.1. The summed E-state index contributed by atoms with van der Waals surface area (Å²) in [7, 11) is 0. The average molecular weight is 375 g/mol. The number of carboxylic acid groups (broad SMARTS) is 1. The number of benzene rings is 1. The predicted molar refractivity (Wildman–Crippen MR) is 103 cm³/mol. The van der Waals surface area contributed by atoms with E-state index in [1.807, 2.05) is 45.0 Å². The molecule has 1 aliphatic carbocycles. The summed E-state index contributed by atoms with van der Waals surface area (Å²) in [5.41, 5.74) is 2.09. The van der Waals surface area contributed by atoms with Gasteiger partial charge in [-0.1, -0.05) is 17.7 Å². The molecule has 1 amide bonds. The van der Waals surface area contributed by atoms with Crippen LogP contribution in [0, 0.1) is 11.8 Å². The van der Waals surface area contributed by atoms with Crippen LogP contribution in [0.3, 0.4) is 0 Å². The number of nitrogens with one attached hydrogen (secondary N) is 1. The van der Waals surface area contributed by atoms with E-state index in [1.54, 1.807) is 0 Å². The maximum Gasteiger partial charge on any atom is 0.307 e. The summed E-state index contributed by atoms with van der Waals surface area (Å²) in [5, 5.41) is 12.3. The Hall–Kier alpha value is -2.50. The SMILES string of the molecule is CCOc1ccc(CCNC(=O)[C@@H]2CC(C)=CC[C@@H]2C(=O)O)cc1OCC. The van der Waals surface area contributed by atoms with Crippen molar-refractivity contribution in [2.24, 2.45) is 11.8 Å². The molecule has 148 valence electrons. The summed E-state index contributed by atoms with van der Waals surface area (Å²) in [6, 6.07) is 5.75. The molecule has 2 atom stereocenters. The fourth-order valence-electron chi connectivity index (χ4n) is 3.33. The van der Waals surface area contributed by atoms with Crippen molar-refractivity contribution in [1.82, 2.24) is 5.32 Å². The van der Waals surface area contributed by atoms with Crippen LogP contribution in [0.4, 0.5) is 0 Å². The number of hydrogen-bond acceptors (Lipinski definition) is 4. The van der Waals surface area contributed by atoms with Gasteiger partial charge in [0.25, 0.3) is 0 Å². The van der Waals surface area contributed by atoms with E-state index in [4.69, 9.17) is 9.47 Å². The van der Waals surface area contributed by atoms with Crippen molar-refractivity contribution >= 4 is 11.9 Å². The van der Waals surface area contributed by atoms with Crippen molar-refractivity contribution in [3.8, 4) is 11.5 Å². The fourth-order valence-corrected chi connectivity index (χ4v) is 3.33. The van der Waals surface area contributed by atoms with Gasteiger partial charge in [0, 0.05) is 6.54 Å². The summed E-state index contributed by atoms with van der Waals surface area (Å²) in [5.74, 6) is -0.851. The smallest absolute Gasteiger partial charge is 0.307 e. The van der Waals surface area contributed by atoms with E-state index >= 15 is 0 Å². The second kappa shape index (κ2) is 10.00. The molecule has 0 heterocycles. The Balaban J connectivity index is 1.95. The van der Waals surface area contributed by atoms with Gasteiger partial charge in [-0.15, -0.1) is 0 Å². The van der Waals surface area contributed by atoms with Gasteiger partial charge >= 0.3 is 5.97 Å². The Morgan fingerprint density at radius 1 is 1.15 bits per heavy atom. The Kier molecular flexibility index (Phi) is 7.70. The monoisotopic (exact) mass is 375 g/mol. The number of carbonyl (C=O) groups is 2. The van der Waals surface area contributed by atoms with E-state index in [0.717, 1.165) is 11.1 Å². The molecule has 1 aromatic carbocycles. The quantitative estimate of drug-likeness (QED) is 0.648. The largest absolute Gasteiger partial charge is 0.490 e. The minimum Gasteiger partial charge on any atom is -0.490 e. The maximum atomic E-state index is 12.5. The number of ether oxygens (including phenoxy) is 2. The maximum absolute atomic E-state index is 12.5. The number of amides is 1. The van der Waals surface area contributed by atoms with E-state index in [1.165, 1.54) is 0 Å². The zero-order valence-corrected chi connectivity index (χ0v) is 16.3. The van der Waals surface area contributed by atoms with Crippen LogP contribution in [0.15, 0.2) is 29.8 Å². The molecule has 0 saturated carbocycles. The van der Waals surface area contributed by atoms with Gasteiger partial charge in [0.05, 0.1) is 25.0 Å². The minimum absolute atomic E-state index is 0.189. The molecule has 0 saturated heterocycles. The lowest BCUT2D eigenvalue weighted by Crippen LogP contribution is -2.40. The van der Waals surface area contributed by atoms with Gasteiger partial charge in [-0.05, 0) is 57.7 Å². The fraction of sp³-hybridized carbons (Fsp3) is 0.524. The van der Waals surface area contributed by atoms with Crippen molar-refractivity contribution in [2.45, 2.75) is 40.0 Å². The molecule has 0 bridgehead atoms. The van der Waals surface area contributed by atoms with Crippen LogP contribution < -0.4 is 14.8 Å². The second-order valence-electron chi connectivity index (χ2n) is 6.73. The first kappa shape index (κ1) is 20.8. The molecule has 2 rings (SSSR count). The molecule has 1 aliphatic rings. The standard InChI is InChI=1S/C21H29NO5/c1-4-26-18-9-7-15(13-19(18)27-5-2)10-11-22-20(23)17-12-14(3)6-8-16(17)21(24)25/h6-7,9,13,16-17H,4-5,8,10-12H2,1-3H3,(H,22,23)(H,24,25)/t16-,17+/m0/s1. The lowest BCUT2D eigenvalue weighted by atomic mass is 9.79. The molecule has 27 heavy (non-hydrogen) atoms. The van der Waals surface area contributed by atoms with E-state index in [0.29, 0.717) is 50.5 Å². The topological polar surface area (TPSA) is 84.9 Å². The Labute approximate surface area is 160 Å². The van der Waals surface area contributed by atoms with Crippen LogP contribution in [0.5, 0.6) is 11.5 Å². The summed E-state index contributed by atoms with van der Waals surface area (Å²) < 4.78 is 11.2. The van der Waals surface area contributed by atoms with E-state index in [9.17, 15) is 14.7 Å². The zero-order valence-electron chi connectivity index (χ0n) is 16.3. The molecule has 2 N–H and O–H groups in total. The summed E-state index contributed by atoms with van der Waals surface area (Å²) in [6.45, 7) is 7.34. The van der Waals surface area contributed by atoms with Crippen LogP contribution in [0.25, 0.3) is 0 Å². The van der Waals surface area contributed by atoms with E-state index < -0.39 is 17.8 Å². The highest BCUT2D eigenvalue weighted by Gasteiger charge is 2.35. The highest BCUT2D eigenvalue weighted by molar-refractivity contribution is 5.85. The average Bonchev–Trinajstić information content (AvgIpc) is 2.63. The lowest BCUT2D eigenvalue weighted by molar-refractivity contribution is -0.147. The molecule has 6 nitrogen and oxygen atoms in total. The number of aliphatic carboxylic acids is 1. The van der Waals surface area contributed by atoms with Crippen LogP contribution in [-0.4, -0.2) is 36.7 Å². The molecule has 0 fully saturated rings. The van der Waals surface area contributed by atoms with Crippen LogP contribution in [0.2, 0.25) is 0 Å². The number of carboxylic acids is 1. The Morgan fingerprint density at radius 2 is 1.85 bits per heavy atom. The molecule has 0 spiro atoms. The summed E-state index contributed by atoms with van der Waals surface area (Å²) >= 11 is 0. The van der Waals surface area contributed by atoms with Crippen molar-refractivity contribution in [3.63, 3.8) is 0 Å². The minimum atomic E-state index is -0.910. The lowest BCUT2D eigenvalue weighted by Gasteiger charge is -2.26. The summed E-state index contributed by atoms with van der Waals surface area (Å²) in [4.78, 5) is 23.9. The van der Waals surface area contributed by atoms with Gasteiger partial charge in [0.2, 0.25) is 5.91 Å². The van der Waals surface area contributed by atoms with Crippen molar-refractivity contribution < 1.29 is 24.2 Å². The van der Waals surface area contributed by atoms with Gasteiger partial charge in [0.15, 0.2) is 11.5 Å². The Bertz CT molecular complexity index is 698. The third-order valence-corrected chi connectivity index (χ3v) is 4.72. The molecule has 0 radical (unpaired) electrons. The molecule has 0 unspecified atom stereocenters. The predicted octanol–water partition coefficient (Wildman–Crippen LogP) is 3.20. The second-order valence-corrected chi connectivity index (χ2v) is 6.73.